The number of furan rings is 1. The third kappa shape index (κ3) is 5.91. The summed E-state index contributed by atoms with van der Waals surface area (Å²) in [5.74, 6) is 1.85. The van der Waals surface area contributed by atoms with E-state index in [1.54, 1.807) is 11.3 Å². The van der Waals surface area contributed by atoms with Gasteiger partial charge in [-0.2, -0.15) is 0 Å². The highest BCUT2D eigenvalue weighted by Crippen LogP contribution is 2.45. The van der Waals surface area contributed by atoms with Crippen molar-refractivity contribution in [3.63, 3.8) is 0 Å². The quantitative estimate of drug-likeness (QED) is 0.167. The van der Waals surface area contributed by atoms with Gasteiger partial charge in [-0.05, 0) is 70.3 Å². The van der Waals surface area contributed by atoms with Gasteiger partial charge in [0.05, 0.1) is 0 Å². The molecule has 4 heterocycles. The molecule has 13 rings (SSSR count). The van der Waals surface area contributed by atoms with Crippen molar-refractivity contribution in [1.82, 2.24) is 15.0 Å². The second-order valence-electron chi connectivity index (χ2n) is 15.9. The summed E-state index contributed by atoms with van der Waals surface area (Å²) in [6.07, 6.45) is 0. The van der Waals surface area contributed by atoms with Crippen molar-refractivity contribution in [2.24, 2.45) is 0 Å². The molecule has 0 saturated heterocycles. The summed E-state index contributed by atoms with van der Waals surface area (Å²) >= 11 is 3.62. The lowest BCUT2D eigenvalue weighted by molar-refractivity contribution is 0.670. The average molecular weight is 840 g/mol. The molecule has 0 aliphatic rings. The first-order valence-corrected chi connectivity index (χ1v) is 22.6. The van der Waals surface area contributed by atoms with E-state index in [-0.39, 0.29) is 0 Å². The summed E-state index contributed by atoms with van der Waals surface area (Å²) in [5, 5.41) is 7.12. The first kappa shape index (κ1) is 35.9. The lowest BCUT2D eigenvalue weighted by atomic mass is 9.94. The minimum Gasteiger partial charge on any atom is -0.455 e. The van der Waals surface area contributed by atoms with Crippen LogP contribution in [0.5, 0.6) is 0 Å². The molecule has 0 bridgehead atoms. The van der Waals surface area contributed by atoms with Crippen molar-refractivity contribution in [2.45, 2.75) is 0 Å². The summed E-state index contributed by atoms with van der Waals surface area (Å²) in [5.41, 5.74) is 11.0. The van der Waals surface area contributed by atoms with E-state index in [2.05, 4.69) is 182 Å². The number of aromatic nitrogens is 3. The van der Waals surface area contributed by atoms with Crippen LogP contribution in [0.2, 0.25) is 0 Å². The average Bonchev–Trinajstić information content (AvgIpc) is 4.06. The first-order chi connectivity index (χ1) is 31.2. The monoisotopic (exact) mass is 839 g/mol. The van der Waals surface area contributed by atoms with Gasteiger partial charge >= 0.3 is 0 Å². The van der Waals surface area contributed by atoms with E-state index in [1.807, 2.05) is 29.5 Å². The zero-order valence-electron chi connectivity index (χ0n) is 33.6. The molecule has 0 atom stereocenters. The molecule has 0 saturated carbocycles. The van der Waals surface area contributed by atoms with Crippen LogP contribution >= 0.6 is 22.7 Å². The van der Waals surface area contributed by atoms with Gasteiger partial charge in [-0.15, -0.1) is 22.7 Å². The van der Waals surface area contributed by atoms with E-state index in [1.165, 1.54) is 35.6 Å². The standard InChI is InChI=1S/C57H33N3OS2/c1-2-15-34(16-3-1)38-17-4-5-21-47(38)56-58-55(59-57(60-56)48-27-14-26-46-43-20-8-11-30-51(43)63-54(46)48)37-32-35(39-22-12-24-44-41-18-6-9-28-49(41)61-52(39)44)31-36(33-37)40-23-13-25-45-42-19-7-10-29-50(42)62-53(40)45/h1-33H. The number of benzene rings is 9. The van der Waals surface area contributed by atoms with Crippen LogP contribution in [-0.2, 0) is 0 Å². The Kier molecular flexibility index (Phi) is 8.22. The van der Waals surface area contributed by atoms with Crippen LogP contribution in [0, 0.1) is 0 Å². The highest BCUT2D eigenvalue weighted by Gasteiger charge is 2.21. The van der Waals surface area contributed by atoms with E-state index in [9.17, 15) is 0 Å². The van der Waals surface area contributed by atoms with Gasteiger partial charge in [-0.25, -0.2) is 15.0 Å². The van der Waals surface area contributed by atoms with Crippen molar-refractivity contribution in [3.8, 4) is 67.5 Å². The van der Waals surface area contributed by atoms with Gasteiger partial charge in [0.25, 0.3) is 0 Å². The van der Waals surface area contributed by atoms with E-state index in [0.29, 0.717) is 17.5 Å². The fraction of sp³-hybridized carbons (Fsp3) is 0. The fourth-order valence-electron chi connectivity index (χ4n) is 9.23. The number of rotatable bonds is 6. The molecule has 0 N–H and O–H groups in total. The molecule has 6 heteroatoms. The maximum Gasteiger partial charge on any atom is 0.165 e. The Balaban J connectivity index is 1.10. The van der Waals surface area contributed by atoms with E-state index in [0.717, 1.165) is 76.7 Å². The summed E-state index contributed by atoms with van der Waals surface area (Å²) in [4.78, 5) is 16.3. The molecule has 0 spiro atoms. The summed E-state index contributed by atoms with van der Waals surface area (Å²) < 4.78 is 11.6. The summed E-state index contributed by atoms with van der Waals surface area (Å²) in [6, 6.07) is 70.8. The maximum absolute atomic E-state index is 6.68. The Bertz CT molecular complexity index is 3800. The van der Waals surface area contributed by atoms with Crippen LogP contribution < -0.4 is 0 Å². The molecule has 294 valence electrons. The number of fused-ring (bicyclic) bond motifs is 9. The minimum atomic E-state index is 0.597. The normalized spacial score (nSPS) is 11.8. The van der Waals surface area contributed by atoms with Crippen molar-refractivity contribution < 1.29 is 4.42 Å². The molecule has 63 heavy (non-hydrogen) atoms. The SMILES string of the molecule is c1ccc(-c2ccccc2-c2nc(-c3cc(-c4cccc5c4oc4ccccc45)cc(-c4cccc5c4sc4ccccc45)c3)nc(-c3cccc4c3sc3ccccc34)n2)cc1. The van der Waals surface area contributed by atoms with E-state index < -0.39 is 0 Å². The molecule has 9 aromatic carbocycles. The highest BCUT2D eigenvalue weighted by atomic mass is 32.1. The molecule has 0 radical (unpaired) electrons. The van der Waals surface area contributed by atoms with Gasteiger partial charge < -0.3 is 4.42 Å². The Morgan fingerprint density at radius 3 is 1.51 bits per heavy atom. The molecule has 13 aromatic rings. The molecular weight excluding hydrogens is 807 g/mol. The second kappa shape index (κ2) is 14.4. The zero-order chi connectivity index (χ0) is 41.4. The van der Waals surface area contributed by atoms with Crippen molar-refractivity contribution >= 4 is 85.0 Å². The maximum atomic E-state index is 6.68. The molecule has 0 aliphatic carbocycles. The van der Waals surface area contributed by atoms with Crippen molar-refractivity contribution in [3.05, 3.63) is 200 Å². The highest BCUT2D eigenvalue weighted by molar-refractivity contribution is 7.26. The van der Waals surface area contributed by atoms with E-state index in [4.69, 9.17) is 19.4 Å². The van der Waals surface area contributed by atoms with Crippen LogP contribution in [0.3, 0.4) is 0 Å². The number of nitrogens with zero attached hydrogens (tertiary/aromatic N) is 3. The van der Waals surface area contributed by atoms with Gasteiger partial charge in [0, 0.05) is 73.4 Å². The van der Waals surface area contributed by atoms with Crippen LogP contribution in [0.4, 0.5) is 0 Å². The number of hydrogen-bond acceptors (Lipinski definition) is 6. The second-order valence-corrected chi connectivity index (χ2v) is 18.0. The fourth-order valence-corrected chi connectivity index (χ4v) is 11.7. The van der Waals surface area contributed by atoms with Crippen LogP contribution in [0.25, 0.3) is 130 Å². The predicted octanol–water partition coefficient (Wildman–Crippen LogP) is 16.5. The molecular formula is C57H33N3OS2. The van der Waals surface area contributed by atoms with Crippen molar-refractivity contribution in [2.75, 3.05) is 0 Å². The van der Waals surface area contributed by atoms with Gasteiger partial charge in [0.15, 0.2) is 17.5 Å². The Hall–Kier alpha value is -7.77. The van der Waals surface area contributed by atoms with Crippen LogP contribution in [-0.4, -0.2) is 15.0 Å². The molecule has 0 aliphatic heterocycles. The third-order valence-corrected chi connectivity index (χ3v) is 14.6. The van der Waals surface area contributed by atoms with Gasteiger partial charge in [0.1, 0.15) is 11.2 Å². The lowest BCUT2D eigenvalue weighted by Crippen LogP contribution is -2.01. The van der Waals surface area contributed by atoms with Gasteiger partial charge in [-0.1, -0.05) is 158 Å². The third-order valence-electron chi connectivity index (χ3n) is 12.2. The Morgan fingerprint density at radius 1 is 0.302 bits per heavy atom. The molecule has 0 fully saturated rings. The summed E-state index contributed by atoms with van der Waals surface area (Å²) in [7, 11) is 0. The molecule has 4 nitrogen and oxygen atoms in total. The van der Waals surface area contributed by atoms with Crippen LogP contribution in [0.15, 0.2) is 205 Å². The minimum absolute atomic E-state index is 0.597. The van der Waals surface area contributed by atoms with Gasteiger partial charge in [-0.3, -0.25) is 0 Å². The van der Waals surface area contributed by atoms with Crippen molar-refractivity contribution in [1.29, 1.82) is 0 Å². The summed E-state index contributed by atoms with van der Waals surface area (Å²) in [6.45, 7) is 0. The van der Waals surface area contributed by atoms with Gasteiger partial charge in [0.2, 0.25) is 0 Å². The van der Waals surface area contributed by atoms with Crippen LogP contribution in [0.1, 0.15) is 0 Å². The topological polar surface area (TPSA) is 51.8 Å². The number of hydrogen-bond donors (Lipinski definition) is 0. The van der Waals surface area contributed by atoms with E-state index >= 15 is 0 Å². The first-order valence-electron chi connectivity index (χ1n) is 21.0. The largest absolute Gasteiger partial charge is 0.455 e. The lowest BCUT2D eigenvalue weighted by Gasteiger charge is -2.14. The number of thiophene rings is 2. The predicted molar refractivity (Wildman–Crippen MR) is 265 cm³/mol. The smallest absolute Gasteiger partial charge is 0.165 e. The molecule has 0 amide bonds. The Morgan fingerprint density at radius 2 is 0.778 bits per heavy atom. The zero-order valence-corrected chi connectivity index (χ0v) is 35.3. The Labute approximate surface area is 370 Å². The number of para-hydroxylation sites is 2. The molecule has 4 aromatic heterocycles. The molecule has 0 unspecified atom stereocenters.